The lowest BCUT2D eigenvalue weighted by Gasteiger charge is -2.25. The number of benzene rings is 1. The largest absolute Gasteiger partial charge is 0.479 e. The van der Waals surface area contributed by atoms with E-state index in [0.29, 0.717) is 5.75 Å². The molecule has 3 N–H and O–H groups in total. The summed E-state index contributed by atoms with van der Waals surface area (Å²) in [6, 6.07) is 9.19. The van der Waals surface area contributed by atoms with E-state index < -0.39 is 0 Å². The van der Waals surface area contributed by atoms with Gasteiger partial charge in [-0.25, -0.2) is 0 Å². The zero-order chi connectivity index (χ0) is 14.4. The molecule has 1 aliphatic rings. The maximum absolute atomic E-state index is 12.1. The summed E-state index contributed by atoms with van der Waals surface area (Å²) in [6.45, 7) is 0.0219. The number of hydrogen-bond donors (Lipinski definition) is 2. The molecule has 0 saturated heterocycles. The monoisotopic (exact) mass is 273 g/mol. The van der Waals surface area contributed by atoms with Crippen LogP contribution in [0.1, 0.15) is 25.7 Å². The molecular formula is C15H19N3O2. The van der Waals surface area contributed by atoms with Gasteiger partial charge in [0.2, 0.25) is 5.91 Å². The molecule has 0 aliphatic heterocycles. The first kappa shape index (κ1) is 14.4. The van der Waals surface area contributed by atoms with Gasteiger partial charge in [0.1, 0.15) is 11.8 Å². The van der Waals surface area contributed by atoms with E-state index in [1.807, 2.05) is 6.07 Å². The second-order valence-electron chi connectivity index (χ2n) is 5.07. The SMILES string of the molecule is N#CCOc1ccc(NC(=O)C2CCC(N)CC2)cc1. The van der Waals surface area contributed by atoms with E-state index in [9.17, 15) is 4.79 Å². The normalized spacial score (nSPS) is 21.8. The van der Waals surface area contributed by atoms with Gasteiger partial charge in [-0.05, 0) is 49.9 Å². The summed E-state index contributed by atoms with van der Waals surface area (Å²) in [6.07, 6.45) is 3.55. The molecule has 5 heteroatoms. The van der Waals surface area contributed by atoms with E-state index in [4.69, 9.17) is 15.7 Å². The number of hydrogen-bond acceptors (Lipinski definition) is 4. The van der Waals surface area contributed by atoms with Crippen molar-refractivity contribution in [3.8, 4) is 11.8 Å². The molecule has 0 atom stereocenters. The maximum atomic E-state index is 12.1. The van der Waals surface area contributed by atoms with Crippen LogP contribution in [0, 0.1) is 17.2 Å². The van der Waals surface area contributed by atoms with Crippen LogP contribution >= 0.6 is 0 Å². The van der Waals surface area contributed by atoms with Crippen molar-refractivity contribution in [1.29, 1.82) is 5.26 Å². The number of anilines is 1. The predicted octanol–water partition coefficient (Wildman–Crippen LogP) is 2.04. The summed E-state index contributed by atoms with van der Waals surface area (Å²) in [5.41, 5.74) is 6.58. The molecule has 0 bridgehead atoms. The Kier molecular flexibility index (Phi) is 4.97. The third-order valence-corrected chi connectivity index (χ3v) is 3.57. The fraction of sp³-hybridized carbons (Fsp3) is 0.467. The zero-order valence-electron chi connectivity index (χ0n) is 11.3. The minimum absolute atomic E-state index is 0.0219. The van der Waals surface area contributed by atoms with Gasteiger partial charge in [0.25, 0.3) is 0 Å². The molecule has 20 heavy (non-hydrogen) atoms. The number of carbonyl (C=O) groups excluding carboxylic acids is 1. The second-order valence-corrected chi connectivity index (χ2v) is 5.07. The van der Waals surface area contributed by atoms with Crippen LogP contribution in [0.4, 0.5) is 5.69 Å². The van der Waals surface area contributed by atoms with Gasteiger partial charge in [0.15, 0.2) is 6.61 Å². The number of nitriles is 1. The molecule has 1 aromatic carbocycles. The number of nitrogens with two attached hydrogens (primary N) is 1. The molecule has 0 aromatic heterocycles. The van der Waals surface area contributed by atoms with Crippen LogP contribution in [0.5, 0.6) is 5.75 Å². The van der Waals surface area contributed by atoms with Crippen LogP contribution in [-0.2, 0) is 4.79 Å². The van der Waals surface area contributed by atoms with Gasteiger partial charge in [-0.2, -0.15) is 5.26 Å². The Morgan fingerprint density at radius 2 is 1.95 bits per heavy atom. The Hall–Kier alpha value is -2.06. The lowest BCUT2D eigenvalue weighted by Crippen LogP contribution is -2.32. The maximum Gasteiger partial charge on any atom is 0.227 e. The standard InChI is InChI=1S/C15H19N3O2/c16-9-10-20-14-7-5-13(6-8-14)18-15(19)11-1-3-12(17)4-2-11/h5-8,11-12H,1-4,10,17H2,(H,18,19). The van der Waals surface area contributed by atoms with Gasteiger partial charge in [-0.1, -0.05) is 0 Å². The van der Waals surface area contributed by atoms with E-state index in [2.05, 4.69) is 5.32 Å². The Morgan fingerprint density at radius 1 is 1.30 bits per heavy atom. The molecule has 106 valence electrons. The third-order valence-electron chi connectivity index (χ3n) is 3.57. The van der Waals surface area contributed by atoms with Crippen molar-refractivity contribution in [3.63, 3.8) is 0 Å². The summed E-state index contributed by atoms with van der Waals surface area (Å²) >= 11 is 0. The zero-order valence-corrected chi connectivity index (χ0v) is 11.3. The summed E-state index contributed by atoms with van der Waals surface area (Å²) in [4.78, 5) is 12.1. The molecular weight excluding hydrogens is 254 g/mol. The number of nitrogens with zero attached hydrogens (tertiary/aromatic N) is 1. The molecule has 2 rings (SSSR count). The van der Waals surface area contributed by atoms with Crippen LogP contribution < -0.4 is 15.8 Å². The van der Waals surface area contributed by atoms with E-state index in [0.717, 1.165) is 31.4 Å². The van der Waals surface area contributed by atoms with Gasteiger partial charge in [-0.3, -0.25) is 4.79 Å². The number of rotatable bonds is 4. The molecule has 1 saturated carbocycles. The highest BCUT2D eigenvalue weighted by Gasteiger charge is 2.24. The molecule has 0 heterocycles. The minimum atomic E-state index is 0.0219. The molecule has 1 amide bonds. The van der Waals surface area contributed by atoms with Crippen LogP contribution in [-0.4, -0.2) is 18.6 Å². The van der Waals surface area contributed by atoms with Crippen molar-refractivity contribution in [2.75, 3.05) is 11.9 Å². The molecule has 0 spiro atoms. The number of carbonyl (C=O) groups is 1. The summed E-state index contributed by atoms with van der Waals surface area (Å²) in [7, 11) is 0. The summed E-state index contributed by atoms with van der Waals surface area (Å²) in [5.74, 6) is 0.736. The molecule has 1 fully saturated rings. The van der Waals surface area contributed by atoms with Gasteiger partial charge >= 0.3 is 0 Å². The average Bonchev–Trinajstić information content (AvgIpc) is 2.47. The molecule has 1 aliphatic carbocycles. The van der Waals surface area contributed by atoms with E-state index in [1.54, 1.807) is 24.3 Å². The van der Waals surface area contributed by atoms with E-state index >= 15 is 0 Å². The van der Waals surface area contributed by atoms with Gasteiger partial charge in [0, 0.05) is 17.6 Å². The van der Waals surface area contributed by atoms with Crippen molar-refractivity contribution in [2.45, 2.75) is 31.7 Å². The van der Waals surface area contributed by atoms with Crippen molar-refractivity contribution in [2.24, 2.45) is 11.7 Å². The lowest BCUT2D eigenvalue weighted by atomic mass is 9.86. The number of nitrogens with one attached hydrogen (secondary N) is 1. The minimum Gasteiger partial charge on any atom is -0.479 e. The highest BCUT2D eigenvalue weighted by atomic mass is 16.5. The van der Waals surface area contributed by atoms with E-state index in [-0.39, 0.29) is 24.5 Å². The third kappa shape index (κ3) is 3.97. The first-order valence-corrected chi connectivity index (χ1v) is 6.85. The molecule has 0 radical (unpaired) electrons. The van der Waals surface area contributed by atoms with Crippen LogP contribution in [0.3, 0.4) is 0 Å². The fourth-order valence-electron chi connectivity index (χ4n) is 2.38. The van der Waals surface area contributed by atoms with E-state index in [1.165, 1.54) is 0 Å². The van der Waals surface area contributed by atoms with Crippen molar-refractivity contribution in [1.82, 2.24) is 0 Å². The molecule has 0 unspecified atom stereocenters. The Bertz CT molecular complexity index is 485. The Morgan fingerprint density at radius 3 is 2.55 bits per heavy atom. The summed E-state index contributed by atoms with van der Waals surface area (Å²) < 4.78 is 5.16. The average molecular weight is 273 g/mol. The van der Waals surface area contributed by atoms with Crippen molar-refractivity contribution >= 4 is 11.6 Å². The summed E-state index contributed by atoms with van der Waals surface area (Å²) in [5, 5.41) is 11.3. The molecule has 1 aromatic rings. The van der Waals surface area contributed by atoms with Gasteiger partial charge in [0.05, 0.1) is 0 Å². The van der Waals surface area contributed by atoms with Crippen molar-refractivity contribution in [3.05, 3.63) is 24.3 Å². The van der Waals surface area contributed by atoms with Crippen LogP contribution in [0.15, 0.2) is 24.3 Å². The highest BCUT2D eigenvalue weighted by molar-refractivity contribution is 5.92. The second kappa shape index (κ2) is 6.92. The first-order valence-electron chi connectivity index (χ1n) is 6.85. The Balaban J connectivity index is 1.86. The van der Waals surface area contributed by atoms with Crippen LogP contribution in [0.25, 0.3) is 0 Å². The fourth-order valence-corrected chi connectivity index (χ4v) is 2.38. The predicted molar refractivity (Wildman–Crippen MR) is 76.1 cm³/mol. The lowest BCUT2D eigenvalue weighted by molar-refractivity contribution is -0.120. The number of ether oxygens (including phenoxy) is 1. The topological polar surface area (TPSA) is 88.1 Å². The first-order chi connectivity index (χ1) is 9.69. The molecule has 5 nitrogen and oxygen atoms in total. The van der Waals surface area contributed by atoms with Gasteiger partial charge in [-0.15, -0.1) is 0 Å². The van der Waals surface area contributed by atoms with Crippen molar-refractivity contribution < 1.29 is 9.53 Å². The Labute approximate surface area is 118 Å². The smallest absolute Gasteiger partial charge is 0.227 e. The quantitative estimate of drug-likeness (QED) is 0.878. The number of amides is 1. The van der Waals surface area contributed by atoms with Crippen LogP contribution in [0.2, 0.25) is 0 Å². The van der Waals surface area contributed by atoms with Gasteiger partial charge < -0.3 is 15.8 Å². The highest BCUT2D eigenvalue weighted by Crippen LogP contribution is 2.25.